The van der Waals surface area contributed by atoms with E-state index in [1.54, 1.807) is 20.2 Å². The van der Waals surface area contributed by atoms with E-state index in [9.17, 15) is 14.4 Å². The summed E-state index contributed by atoms with van der Waals surface area (Å²) in [6.45, 7) is 0. The summed E-state index contributed by atoms with van der Waals surface area (Å²) in [6.07, 6.45) is 1.52. The average molecular weight is 383 g/mol. The first-order valence-corrected chi connectivity index (χ1v) is 9.46. The lowest BCUT2D eigenvalue weighted by molar-refractivity contribution is -0.139. The number of amides is 1. The molecular formula is C21H21NO4S. The highest BCUT2D eigenvalue weighted by molar-refractivity contribution is 8.13. The summed E-state index contributed by atoms with van der Waals surface area (Å²) in [7, 11) is 4.68. The van der Waals surface area contributed by atoms with Gasteiger partial charge in [-0.3, -0.25) is 14.4 Å². The van der Waals surface area contributed by atoms with Crippen LogP contribution in [0.2, 0.25) is 0 Å². The van der Waals surface area contributed by atoms with Crippen molar-refractivity contribution in [3.05, 3.63) is 64.2 Å². The summed E-state index contributed by atoms with van der Waals surface area (Å²) < 4.78 is 4.77. The summed E-state index contributed by atoms with van der Waals surface area (Å²) in [5.74, 6) is -0.426. The van der Waals surface area contributed by atoms with Crippen molar-refractivity contribution in [2.24, 2.45) is 0 Å². The number of rotatable bonds is 3. The normalized spacial score (nSPS) is 12.6. The fourth-order valence-corrected chi connectivity index (χ4v) is 4.07. The van der Waals surface area contributed by atoms with E-state index in [-0.39, 0.29) is 23.4 Å². The number of hydrogen-bond acceptors (Lipinski definition) is 5. The predicted molar refractivity (Wildman–Crippen MR) is 104 cm³/mol. The molecule has 0 aliphatic heterocycles. The molecular weight excluding hydrogens is 362 g/mol. The molecule has 0 saturated heterocycles. The van der Waals surface area contributed by atoms with E-state index in [1.807, 2.05) is 30.3 Å². The molecule has 0 radical (unpaired) electrons. The maximum atomic E-state index is 13.3. The van der Waals surface area contributed by atoms with Gasteiger partial charge in [0, 0.05) is 30.1 Å². The van der Waals surface area contributed by atoms with Crippen LogP contribution in [0.3, 0.4) is 0 Å². The van der Waals surface area contributed by atoms with Gasteiger partial charge in [-0.1, -0.05) is 30.3 Å². The van der Waals surface area contributed by atoms with Crippen LogP contribution in [-0.2, 0) is 28.8 Å². The number of thioether (sulfide) groups is 1. The van der Waals surface area contributed by atoms with E-state index in [0.717, 1.165) is 34.9 Å². The van der Waals surface area contributed by atoms with E-state index < -0.39 is 0 Å². The summed E-state index contributed by atoms with van der Waals surface area (Å²) >= 11 is 1.02. The molecule has 1 amide bonds. The Morgan fingerprint density at radius 3 is 2.52 bits per heavy atom. The number of ketones is 1. The van der Waals surface area contributed by atoms with Crippen molar-refractivity contribution in [1.29, 1.82) is 0 Å². The Balaban J connectivity index is 2.12. The molecule has 0 unspecified atom stereocenters. The predicted octanol–water partition coefficient (Wildman–Crippen LogP) is 3.51. The Bertz CT molecular complexity index is 920. The van der Waals surface area contributed by atoms with Gasteiger partial charge < -0.3 is 9.64 Å². The van der Waals surface area contributed by atoms with Gasteiger partial charge in [-0.25, -0.2) is 0 Å². The lowest BCUT2D eigenvalue weighted by Crippen LogP contribution is -2.17. The molecule has 140 valence electrons. The largest absolute Gasteiger partial charge is 0.469 e. The van der Waals surface area contributed by atoms with Crippen molar-refractivity contribution in [2.45, 2.75) is 24.2 Å². The summed E-state index contributed by atoms with van der Waals surface area (Å²) in [6, 6.07) is 11.2. The Hall–Kier alpha value is -2.60. The van der Waals surface area contributed by atoms with Crippen LogP contribution < -0.4 is 0 Å². The number of nitrogens with zero attached hydrogens (tertiary/aromatic N) is 1. The molecule has 27 heavy (non-hydrogen) atoms. The molecule has 0 aromatic heterocycles. The van der Waals surface area contributed by atoms with Gasteiger partial charge in [0.05, 0.1) is 13.5 Å². The highest BCUT2D eigenvalue weighted by Crippen LogP contribution is 2.34. The molecule has 0 atom stereocenters. The Labute approximate surface area is 162 Å². The van der Waals surface area contributed by atoms with Crippen LogP contribution in [0.25, 0.3) is 0 Å². The number of carbonyl (C=O) groups is 3. The third-order valence-corrected chi connectivity index (χ3v) is 5.62. The summed E-state index contributed by atoms with van der Waals surface area (Å²) in [5.41, 5.74) is 3.85. The van der Waals surface area contributed by atoms with Crippen LogP contribution in [0.15, 0.2) is 41.3 Å². The minimum absolute atomic E-state index is 0.0724. The van der Waals surface area contributed by atoms with Gasteiger partial charge in [0.2, 0.25) is 0 Å². The molecule has 2 aromatic carbocycles. The van der Waals surface area contributed by atoms with Crippen molar-refractivity contribution >= 4 is 28.8 Å². The fraction of sp³-hybridized carbons (Fsp3) is 0.286. The smallest absolute Gasteiger partial charge is 0.309 e. The van der Waals surface area contributed by atoms with E-state index in [0.29, 0.717) is 22.4 Å². The second-order valence-electron chi connectivity index (χ2n) is 6.63. The molecule has 0 saturated carbocycles. The van der Waals surface area contributed by atoms with E-state index in [1.165, 1.54) is 12.0 Å². The molecule has 0 fully saturated rings. The molecule has 0 bridgehead atoms. The van der Waals surface area contributed by atoms with Gasteiger partial charge in [0.25, 0.3) is 5.24 Å². The van der Waals surface area contributed by atoms with Gasteiger partial charge in [0.1, 0.15) is 0 Å². The zero-order valence-electron chi connectivity index (χ0n) is 15.6. The number of fused-ring (bicyclic) bond motifs is 2. The van der Waals surface area contributed by atoms with Gasteiger partial charge in [-0.15, -0.1) is 0 Å². The molecule has 5 nitrogen and oxygen atoms in total. The van der Waals surface area contributed by atoms with Crippen molar-refractivity contribution in [3.8, 4) is 0 Å². The van der Waals surface area contributed by atoms with Crippen molar-refractivity contribution in [3.63, 3.8) is 0 Å². The minimum atomic E-state index is -0.354. The molecule has 6 heteroatoms. The number of hydrogen-bond donors (Lipinski definition) is 0. The average Bonchev–Trinajstić information content (AvgIpc) is 2.79. The topological polar surface area (TPSA) is 63.7 Å². The third kappa shape index (κ3) is 4.06. The van der Waals surface area contributed by atoms with Crippen LogP contribution in [0.1, 0.15) is 32.6 Å². The highest BCUT2D eigenvalue weighted by Gasteiger charge is 2.26. The fourth-order valence-electron chi connectivity index (χ4n) is 3.16. The molecule has 1 aliphatic rings. The molecule has 2 aromatic rings. The lowest BCUT2D eigenvalue weighted by Gasteiger charge is -2.16. The number of carbonyl (C=O) groups excluding carboxylic acids is 3. The zero-order valence-corrected chi connectivity index (χ0v) is 16.4. The molecule has 0 N–H and O–H groups in total. The van der Waals surface area contributed by atoms with Crippen LogP contribution >= 0.6 is 11.8 Å². The summed E-state index contributed by atoms with van der Waals surface area (Å²) in [4.78, 5) is 39.4. The second kappa shape index (κ2) is 7.96. The molecule has 0 heterocycles. The number of esters is 1. The van der Waals surface area contributed by atoms with Crippen molar-refractivity contribution in [2.75, 3.05) is 21.2 Å². The first kappa shape index (κ1) is 19.2. The van der Waals surface area contributed by atoms with Crippen molar-refractivity contribution < 1.29 is 19.1 Å². The Morgan fingerprint density at radius 1 is 1.11 bits per heavy atom. The molecule has 1 aliphatic carbocycles. The third-order valence-electron chi connectivity index (χ3n) is 4.53. The number of methoxy groups -OCH3 is 1. The minimum Gasteiger partial charge on any atom is -0.469 e. The van der Waals surface area contributed by atoms with E-state index >= 15 is 0 Å². The SMILES string of the molecule is COC(=O)Cc1cc2c(c(SC(=O)N(C)C)c1)C(=O)c1ccccc1CC2. The van der Waals surface area contributed by atoms with Gasteiger partial charge in [0.15, 0.2) is 5.78 Å². The number of aryl methyl sites for hydroxylation is 2. The lowest BCUT2D eigenvalue weighted by atomic mass is 9.96. The van der Waals surface area contributed by atoms with Gasteiger partial charge in [-0.2, -0.15) is 0 Å². The van der Waals surface area contributed by atoms with E-state index in [2.05, 4.69) is 0 Å². The maximum absolute atomic E-state index is 13.3. The van der Waals surface area contributed by atoms with Crippen LogP contribution in [0.4, 0.5) is 4.79 Å². The van der Waals surface area contributed by atoms with E-state index in [4.69, 9.17) is 4.74 Å². The first-order chi connectivity index (χ1) is 12.9. The Morgan fingerprint density at radius 2 is 1.81 bits per heavy atom. The van der Waals surface area contributed by atoms with Gasteiger partial charge >= 0.3 is 5.97 Å². The maximum Gasteiger partial charge on any atom is 0.309 e. The van der Waals surface area contributed by atoms with Crippen LogP contribution in [0, 0.1) is 0 Å². The van der Waals surface area contributed by atoms with Crippen molar-refractivity contribution in [1.82, 2.24) is 4.90 Å². The first-order valence-electron chi connectivity index (χ1n) is 8.65. The quantitative estimate of drug-likeness (QED) is 0.600. The monoisotopic (exact) mass is 383 g/mol. The molecule has 3 rings (SSSR count). The van der Waals surface area contributed by atoms with Gasteiger partial charge in [-0.05, 0) is 47.4 Å². The highest BCUT2D eigenvalue weighted by atomic mass is 32.2. The molecule has 0 spiro atoms. The summed E-state index contributed by atoms with van der Waals surface area (Å²) in [5, 5.41) is -0.169. The number of ether oxygens (including phenoxy) is 1. The zero-order chi connectivity index (χ0) is 19.6. The van der Waals surface area contributed by atoms with Crippen LogP contribution in [0.5, 0.6) is 0 Å². The second-order valence-corrected chi connectivity index (χ2v) is 7.62. The number of benzene rings is 2. The standard InChI is InChI=1S/C21H21NO4S/c1-22(2)21(25)27-17-11-13(12-18(23)26-3)10-15-9-8-14-6-4-5-7-16(14)20(24)19(15)17/h4-7,10-11H,8-9,12H2,1-3H3. The Kier molecular flexibility index (Phi) is 5.65. The van der Waals surface area contributed by atoms with Crippen LogP contribution in [-0.4, -0.2) is 43.1 Å².